The van der Waals surface area contributed by atoms with E-state index in [-0.39, 0.29) is 19.1 Å². The molecule has 0 bridgehead atoms. The maximum atomic E-state index is 13.0. The maximum absolute atomic E-state index is 13.0. The number of phosphoric ester groups is 1. The molecule has 424 valence electrons. The van der Waals surface area contributed by atoms with Gasteiger partial charge in [-0.15, -0.1) is 0 Å². The van der Waals surface area contributed by atoms with E-state index in [0.29, 0.717) is 23.9 Å². The lowest BCUT2D eigenvalue weighted by Crippen LogP contribution is -2.46. The molecule has 0 aromatic heterocycles. The van der Waals surface area contributed by atoms with Crippen molar-refractivity contribution < 1.29 is 32.9 Å². The second-order valence-corrected chi connectivity index (χ2v) is 22.4. The molecule has 0 aliphatic rings. The highest BCUT2D eigenvalue weighted by Gasteiger charge is 2.28. The second kappa shape index (κ2) is 54.7. The maximum Gasteiger partial charge on any atom is 0.472 e. The van der Waals surface area contributed by atoms with Crippen molar-refractivity contribution in [2.75, 3.05) is 40.9 Å². The number of allylic oxidation sites excluding steroid dienone is 20. The highest BCUT2D eigenvalue weighted by Crippen LogP contribution is 2.43. The second-order valence-electron chi connectivity index (χ2n) is 21.0. The van der Waals surface area contributed by atoms with Gasteiger partial charge in [0.25, 0.3) is 0 Å². The van der Waals surface area contributed by atoms with Crippen molar-refractivity contribution in [1.82, 2.24) is 5.32 Å². The number of nitrogens with one attached hydrogen (secondary N) is 1. The molecule has 0 aliphatic carbocycles. The predicted octanol–water partition coefficient (Wildman–Crippen LogP) is 18.5. The molecule has 0 rings (SSSR count). The molecule has 0 aliphatic heterocycles. The molecule has 0 fully saturated rings. The number of amides is 1. The molecule has 0 saturated carbocycles. The van der Waals surface area contributed by atoms with E-state index in [4.69, 9.17) is 9.05 Å². The predicted molar refractivity (Wildman–Crippen MR) is 322 cm³/mol. The van der Waals surface area contributed by atoms with Crippen molar-refractivity contribution >= 4 is 13.7 Å². The van der Waals surface area contributed by atoms with E-state index in [0.717, 1.165) is 116 Å². The lowest BCUT2D eigenvalue weighted by Gasteiger charge is -2.26. The fraction of sp³-hybridized carbons (Fsp3) is 0.677. The number of rotatable bonds is 53. The summed E-state index contributed by atoms with van der Waals surface area (Å²) in [5, 5.41) is 14.0. The highest BCUT2D eigenvalue weighted by atomic mass is 31.2. The van der Waals surface area contributed by atoms with Gasteiger partial charge in [0.1, 0.15) is 13.2 Å². The summed E-state index contributed by atoms with van der Waals surface area (Å²) in [4.78, 5) is 23.3. The summed E-state index contributed by atoms with van der Waals surface area (Å²) in [6, 6.07) is -0.777. The largest absolute Gasteiger partial charge is 0.472 e. The van der Waals surface area contributed by atoms with Crippen LogP contribution >= 0.6 is 7.82 Å². The Kier molecular flexibility index (Phi) is 52.4. The molecule has 0 radical (unpaired) electrons. The van der Waals surface area contributed by atoms with Gasteiger partial charge in [0.15, 0.2) is 0 Å². The van der Waals surface area contributed by atoms with Gasteiger partial charge < -0.3 is 19.8 Å². The van der Waals surface area contributed by atoms with Crippen LogP contribution in [0.15, 0.2) is 122 Å². The van der Waals surface area contributed by atoms with Crippen molar-refractivity contribution in [3.05, 3.63) is 122 Å². The molecule has 0 spiro atoms. The Morgan fingerprint density at radius 3 is 1.19 bits per heavy atom. The molecule has 0 aromatic rings. The standard InChI is InChI=1S/C65H113N2O6P/c1-6-8-10-12-14-16-18-20-22-23-24-25-26-27-28-29-30-31-32-33-34-35-36-37-38-39-40-41-42-43-45-47-49-51-53-55-57-59-65(69)66-63(62-73-74(70,71)72-61-60-67(3,4)5)64(68)58-56-54-52-50-48-46-44-21-19-17-15-13-11-9-7-2/h8,10,14,16,20,22,24-25,27-28,30-31,33-34,36-37,39-40,42-43,63-64,68H,6-7,9,11-13,15,17-19,21,23,26,29,32,35,38,41,44-62H2,1-5H3,(H-,66,69,70,71)/p+1/b10-8-,16-14-,22-20-,25-24-,28-27-,31-30-,34-33-,37-36-,40-39-,43-42-. The van der Waals surface area contributed by atoms with Gasteiger partial charge in [-0.05, 0) is 89.9 Å². The first-order chi connectivity index (χ1) is 36.0. The van der Waals surface area contributed by atoms with E-state index in [1.54, 1.807) is 0 Å². The minimum atomic E-state index is -4.33. The van der Waals surface area contributed by atoms with E-state index in [9.17, 15) is 19.4 Å². The van der Waals surface area contributed by atoms with Crippen molar-refractivity contribution in [3.8, 4) is 0 Å². The Hall–Kier alpha value is -3.10. The zero-order chi connectivity index (χ0) is 54.2. The fourth-order valence-corrected chi connectivity index (χ4v) is 8.81. The molecule has 3 atom stereocenters. The third kappa shape index (κ3) is 56.6. The number of aliphatic hydroxyl groups is 1. The molecular weight excluding hydrogens is 936 g/mol. The van der Waals surface area contributed by atoms with Gasteiger partial charge in [0, 0.05) is 6.42 Å². The van der Waals surface area contributed by atoms with Crippen LogP contribution in [0, 0.1) is 0 Å². The topological polar surface area (TPSA) is 105 Å². The number of carbonyl (C=O) groups excluding carboxylic acids is 1. The summed E-state index contributed by atoms with van der Waals surface area (Å²) in [5.74, 6) is -0.163. The molecular formula is C65H114N2O6P+. The Bertz CT molecular complexity index is 1620. The van der Waals surface area contributed by atoms with Gasteiger partial charge in [-0.2, -0.15) is 0 Å². The normalized spacial score (nSPS) is 14.7. The monoisotopic (exact) mass is 1050 g/mol. The van der Waals surface area contributed by atoms with Crippen molar-refractivity contribution in [1.29, 1.82) is 0 Å². The quantitative estimate of drug-likeness (QED) is 0.0243. The number of aliphatic hydroxyl groups excluding tert-OH is 1. The highest BCUT2D eigenvalue weighted by molar-refractivity contribution is 7.47. The van der Waals surface area contributed by atoms with Crippen LogP contribution in [0.3, 0.4) is 0 Å². The third-order valence-electron chi connectivity index (χ3n) is 12.7. The summed E-state index contributed by atoms with van der Waals surface area (Å²) in [7, 11) is 1.59. The summed E-state index contributed by atoms with van der Waals surface area (Å²) >= 11 is 0. The number of hydrogen-bond acceptors (Lipinski definition) is 5. The number of likely N-dealkylation sites (N-methyl/N-ethyl adjacent to an activating group) is 1. The van der Waals surface area contributed by atoms with E-state index >= 15 is 0 Å². The number of nitrogens with zero attached hydrogens (tertiary/aromatic N) is 1. The van der Waals surface area contributed by atoms with E-state index < -0.39 is 20.0 Å². The van der Waals surface area contributed by atoms with Gasteiger partial charge >= 0.3 is 7.82 Å². The molecule has 74 heavy (non-hydrogen) atoms. The molecule has 0 heterocycles. The lowest BCUT2D eigenvalue weighted by molar-refractivity contribution is -0.870. The van der Waals surface area contributed by atoms with Gasteiger partial charge in [-0.1, -0.05) is 257 Å². The molecule has 0 saturated heterocycles. The number of quaternary nitrogens is 1. The molecule has 1 amide bonds. The Balaban J connectivity index is 4.17. The Morgan fingerprint density at radius 1 is 0.473 bits per heavy atom. The molecule has 3 unspecified atom stereocenters. The zero-order valence-corrected chi connectivity index (χ0v) is 49.2. The Labute approximate surface area is 456 Å². The van der Waals surface area contributed by atoms with Crippen LogP contribution in [0.25, 0.3) is 0 Å². The summed E-state index contributed by atoms with van der Waals surface area (Å²) in [5.41, 5.74) is 0. The number of phosphoric acid groups is 1. The molecule has 0 aromatic carbocycles. The number of carbonyl (C=O) groups is 1. The van der Waals surface area contributed by atoms with E-state index in [1.165, 1.54) is 89.9 Å². The van der Waals surface area contributed by atoms with Crippen molar-refractivity contribution in [2.45, 2.75) is 244 Å². The van der Waals surface area contributed by atoms with Crippen LogP contribution in [0.2, 0.25) is 0 Å². The van der Waals surface area contributed by atoms with Crippen molar-refractivity contribution in [3.63, 3.8) is 0 Å². The van der Waals surface area contributed by atoms with Gasteiger partial charge in [-0.25, -0.2) is 4.57 Å². The Morgan fingerprint density at radius 2 is 0.811 bits per heavy atom. The number of unbranched alkanes of at least 4 members (excludes halogenated alkanes) is 20. The smallest absolute Gasteiger partial charge is 0.391 e. The lowest BCUT2D eigenvalue weighted by atomic mass is 10.0. The number of hydrogen-bond donors (Lipinski definition) is 3. The van der Waals surface area contributed by atoms with Gasteiger partial charge in [-0.3, -0.25) is 13.8 Å². The average Bonchev–Trinajstić information content (AvgIpc) is 3.36. The van der Waals surface area contributed by atoms with Crippen LogP contribution in [0.5, 0.6) is 0 Å². The molecule has 8 nitrogen and oxygen atoms in total. The van der Waals surface area contributed by atoms with Crippen LogP contribution in [0.4, 0.5) is 0 Å². The van der Waals surface area contributed by atoms with Crippen molar-refractivity contribution in [2.24, 2.45) is 0 Å². The zero-order valence-electron chi connectivity index (χ0n) is 48.3. The van der Waals surface area contributed by atoms with Crippen LogP contribution in [0.1, 0.15) is 232 Å². The van der Waals surface area contributed by atoms with E-state index in [2.05, 4.69) is 141 Å². The van der Waals surface area contributed by atoms with Crippen LogP contribution in [-0.4, -0.2) is 73.4 Å². The molecule has 3 N–H and O–H groups in total. The summed E-state index contributed by atoms with van der Waals surface area (Å²) < 4.78 is 23.7. The summed E-state index contributed by atoms with van der Waals surface area (Å²) in [6.07, 6.45) is 81.1. The van der Waals surface area contributed by atoms with E-state index in [1.807, 2.05) is 21.1 Å². The summed E-state index contributed by atoms with van der Waals surface area (Å²) in [6.45, 7) is 4.75. The SMILES string of the molecule is CC/C=C\C/C=C\C/C=C\C/C=C\C/C=C\C/C=C\C/C=C\C/C=C\C/C=C\C/C=C\CCCCCCCCC(=O)NC(COP(=O)(O)OCC[N+](C)(C)C)C(O)CCCCCCCCCCCCCCCCC. The third-order valence-corrected chi connectivity index (χ3v) is 13.7. The fourth-order valence-electron chi connectivity index (χ4n) is 8.07. The minimum Gasteiger partial charge on any atom is -0.391 e. The first-order valence-electron chi connectivity index (χ1n) is 29.9. The first-order valence-corrected chi connectivity index (χ1v) is 31.4. The molecule has 9 heteroatoms. The van der Waals surface area contributed by atoms with Gasteiger partial charge in [0.2, 0.25) is 5.91 Å². The first kappa shape index (κ1) is 70.9. The van der Waals surface area contributed by atoms with Crippen LogP contribution < -0.4 is 5.32 Å². The van der Waals surface area contributed by atoms with Crippen LogP contribution in [-0.2, 0) is 18.4 Å². The minimum absolute atomic E-state index is 0.0656. The van der Waals surface area contributed by atoms with Gasteiger partial charge in [0.05, 0.1) is 39.9 Å². The average molecular weight is 1050 g/mol.